The number of nitrogens with zero attached hydrogens (tertiary/aromatic N) is 5. The lowest BCUT2D eigenvalue weighted by Crippen LogP contribution is -2.17. The Labute approximate surface area is 266 Å². The van der Waals surface area contributed by atoms with Gasteiger partial charge in [-0.15, -0.1) is 0 Å². The molecule has 0 bridgehead atoms. The van der Waals surface area contributed by atoms with Gasteiger partial charge in [-0.1, -0.05) is 133 Å². The first-order valence-electron chi connectivity index (χ1n) is 15.4. The summed E-state index contributed by atoms with van der Waals surface area (Å²) in [7, 11) is 0. The zero-order valence-corrected chi connectivity index (χ0v) is 24.8. The summed E-state index contributed by atoms with van der Waals surface area (Å²) in [5.41, 5.74) is 12.2. The third-order valence-corrected chi connectivity index (χ3v) is 8.59. The molecular formula is C41H27N5. The number of para-hydroxylation sites is 4. The first kappa shape index (κ1) is 26.1. The number of benzene rings is 6. The molecule has 0 unspecified atom stereocenters. The molecule has 0 spiro atoms. The smallest absolute Gasteiger partial charge is 0.238 e. The standard InChI is InChI=1S/C41H27N5/c1-3-15-28(16-4-1)30-19-7-8-20-31(30)36-27-35(29-17-5-2-6-18-29)42-40(43-36)46-38-25-13-10-22-33(38)32-21-9-12-24-37(32)45-39-26-14-11-23-34(39)44-41(45)46/h1-27H. The van der Waals surface area contributed by atoms with Crippen molar-refractivity contribution in [3.63, 3.8) is 0 Å². The molecule has 0 saturated carbocycles. The minimum absolute atomic E-state index is 0.552. The van der Waals surface area contributed by atoms with Crippen molar-refractivity contribution in [2.75, 3.05) is 4.90 Å². The summed E-state index contributed by atoms with van der Waals surface area (Å²) in [5, 5.41) is 0. The van der Waals surface area contributed by atoms with Gasteiger partial charge in [-0.3, -0.25) is 4.57 Å². The van der Waals surface area contributed by atoms with Gasteiger partial charge in [-0.05, 0) is 41.5 Å². The molecule has 9 rings (SSSR count). The highest BCUT2D eigenvalue weighted by Crippen LogP contribution is 2.47. The fourth-order valence-corrected chi connectivity index (χ4v) is 6.50. The van der Waals surface area contributed by atoms with E-state index in [0.29, 0.717) is 5.95 Å². The summed E-state index contributed by atoms with van der Waals surface area (Å²) in [6.45, 7) is 0. The highest BCUT2D eigenvalue weighted by Gasteiger charge is 2.31. The highest BCUT2D eigenvalue weighted by molar-refractivity contribution is 5.96. The van der Waals surface area contributed by atoms with Gasteiger partial charge in [0, 0.05) is 22.3 Å². The van der Waals surface area contributed by atoms with Crippen LogP contribution in [0.5, 0.6) is 0 Å². The fourth-order valence-electron chi connectivity index (χ4n) is 6.50. The molecule has 0 amide bonds. The SMILES string of the molecule is c1ccc(-c2cc(-c3ccccc3-c3ccccc3)nc(N3c4ccccc4-c4ccccc4-n4c3nc3ccccc34)n2)cc1. The minimum atomic E-state index is 0.552. The molecule has 6 aromatic carbocycles. The van der Waals surface area contributed by atoms with E-state index < -0.39 is 0 Å². The van der Waals surface area contributed by atoms with Crippen LogP contribution in [0.25, 0.3) is 61.5 Å². The van der Waals surface area contributed by atoms with Crippen LogP contribution in [-0.2, 0) is 0 Å². The first-order chi connectivity index (χ1) is 22.8. The normalized spacial score (nSPS) is 11.9. The van der Waals surface area contributed by atoms with Crippen LogP contribution < -0.4 is 4.90 Å². The average Bonchev–Trinajstić information content (AvgIpc) is 3.46. The Morgan fingerprint density at radius 2 is 0.935 bits per heavy atom. The summed E-state index contributed by atoms with van der Waals surface area (Å²) in [5.74, 6) is 1.29. The molecule has 0 atom stereocenters. The number of rotatable bonds is 4. The van der Waals surface area contributed by atoms with Crippen LogP contribution >= 0.6 is 0 Å². The van der Waals surface area contributed by atoms with E-state index in [0.717, 1.165) is 73.1 Å². The lowest BCUT2D eigenvalue weighted by molar-refractivity contribution is 0.999. The van der Waals surface area contributed by atoms with Crippen molar-refractivity contribution in [1.82, 2.24) is 19.5 Å². The molecule has 2 aromatic heterocycles. The third kappa shape index (κ3) is 4.21. The van der Waals surface area contributed by atoms with Gasteiger partial charge >= 0.3 is 0 Å². The number of aromatic nitrogens is 4. The number of imidazole rings is 1. The molecule has 5 heteroatoms. The Kier molecular flexibility index (Phi) is 6.06. The summed E-state index contributed by atoms with van der Waals surface area (Å²) in [6, 6.07) is 56.6. The Bertz CT molecular complexity index is 2380. The van der Waals surface area contributed by atoms with Crippen molar-refractivity contribution in [2.24, 2.45) is 0 Å². The zero-order chi connectivity index (χ0) is 30.5. The van der Waals surface area contributed by atoms with Gasteiger partial charge in [-0.25, -0.2) is 19.9 Å². The van der Waals surface area contributed by atoms with Gasteiger partial charge in [0.2, 0.25) is 11.9 Å². The largest absolute Gasteiger partial charge is 0.277 e. The van der Waals surface area contributed by atoms with E-state index in [9.17, 15) is 0 Å². The van der Waals surface area contributed by atoms with Gasteiger partial charge in [0.25, 0.3) is 0 Å². The number of hydrogen-bond acceptors (Lipinski definition) is 4. The molecule has 1 aliphatic rings. The van der Waals surface area contributed by atoms with Crippen molar-refractivity contribution in [2.45, 2.75) is 0 Å². The van der Waals surface area contributed by atoms with E-state index in [2.05, 4.69) is 143 Å². The van der Waals surface area contributed by atoms with Crippen molar-refractivity contribution in [3.8, 4) is 50.5 Å². The summed E-state index contributed by atoms with van der Waals surface area (Å²) in [6.07, 6.45) is 0. The maximum Gasteiger partial charge on any atom is 0.238 e. The molecule has 0 radical (unpaired) electrons. The lowest BCUT2D eigenvalue weighted by Gasteiger charge is -2.23. The van der Waals surface area contributed by atoms with Crippen LogP contribution in [0.4, 0.5) is 17.6 Å². The summed E-state index contributed by atoms with van der Waals surface area (Å²) >= 11 is 0. The molecule has 0 aliphatic carbocycles. The zero-order valence-electron chi connectivity index (χ0n) is 24.8. The maximum atomic E-state index is 5.37. The second kappa shape index (κ2) is 10.7. The number of fused-ring (bicyclic) bond motifs is 7. The Morgan fingerprint density at radius 1 is 0.391 bits per heavy atom. The van der Waals surface area contributed by atoms with Crippen molar-refractivity contribution in [3.05, 3.63) is 164 Å². The van der Waals surface area contributed by atoms with Gasteiger partial charge in [0.15, 0.2) is 0 Å². The van der Waals surface area contributed by atoms with Crippen molar-refractivity contribution >= 4 is 28.6 Å². The maximum absolute atomic E-state index is 5.37. The first-order valence-corrected chi connectivity index (χ1v) is 15.4. The molecule has 8 aromatic rings. The van der Waals surface area contributed by atoms with Crippen molar-refractivity contribution in [1.29, 1.82) is 0 Å². The molecule has 1 aliphatic heterocycles. The van der Waals surface area contributed by atoms with E-state index >= 15 is 0 Å². The molecular weight excluding hydrogens is 562 g/mol. The van der Waals surface area contributed by atoms with Crippen LogP contribution in [0.3, 0.4) is 0 Å². The van der Waals surface area contributed by atoms with E-state index in [1.54, 1.807) is 0 Å². The number of anilines is 3. The van der Waals surface area contributed by atoms with Gasteiger partial charge in [0.1, 0.15) is 0 Å². The van der Waals surface area contributed by atoms with Gasteiger partial charge < -0.3 is 0 Å². The van der Waals surface area contributed by atoms with Crippen LogP contribution in [-0.4, -0.2) is 19.5 Å². The Hall–Kier alpha value is -6.33. The van der Waals surface area contributed by atoms with E-state index in [1.165, 1.54) is 0 Å². The fraction of sp³-hybridized carbons (Fsp3) is 0. The van der Waals surface area contributed by atoms with Gasteiger partial charge in [-0.2, -0.15) is 0 Å². The number of hydrogen-bond donors (Lipinski definition) is 0. The predicted molar refractivity (Wildman–Crippen MR) is 187 cm³/mol. The van der Waals surface area contributed by atoms with E-state index in [-0.39, 0.29) is 0 Å². The highest BCUT2D eigenvalue weighted by atomic mass is 15.4. The van der Waals surface area contributed by atoms with Crippen molar-refractivity contribution < 1.29 is 0 Å². The third-order valence-electron chi connectivity index (χ3n) is 8.59. The average molecular weight is 590 g/mol. The second-order valence-electron chi connectivity index (χ2n) is 11.3. The molecule has 46 heavy (non-hydrogen) atoms. The molecule has 0 N–H and O–H groups in total. The topological polar surface area (TPSA) is 46.8 Å². The predicted octanol–water partition coefficient (Wildman–Crippen LogP) is 10.3. The lowest BCUT2D eigenvalue weighted by atomic mass is 9.97. The van der Waals surface area contributed by atoms with Crippen LogP contribution in [0.2, 0.25) is 0 Å². The quantitative estimate of drug-likeness (QED) is 0.205. The Balaban J connectivity index is 1.37. The minimum Gasteiger partial charge on any atom is -0.277 e. The second-order valence-corrected chi connectivity index (χ2v) is 11.3. The van der Waals surface area contributed by atoms with E-state index in [4.69, 9.17) is 15.0 Å². The van der Waals surface area contributed by atoms with Crippen LogP contribution in [0, 0.1) is 0 Å². The molecule has 3 heterocycles. The molecule has 0 fully saturated rings. The summed E-state index contributed by atoms with van der Waals surface area (Å²) < 4.78 is 2.24. The monoisotopic (exact) mass is 589 g/mol. The van der Waals surface area contributed by atoms with Crippen LogP contribution in [0.1, 0.15) is 0 Å². The molecule has 5 nitrogen and oxygen atoms in total. The molecule has 216 valence electrons. The Morgan fingerprint density at radius 3 is 1.70 bits per heavy atom. The van der Waals surface area contributed by atoms with Crippen LogP contribution in [0.15, 0.2) is 164 Å². The van der Waals surface area contributed by atoms with Gasteiger partial charge in [0.05, 0.1) is 33.8 Å². The summed E-state index contributed by atoms with van der Waals surface area (Å²) in [4.78, 5) is 18.0. The van der Waals surface area contributed by atoms with E-state index in [1.807, 2.05) is 30.3 Å². The molecule has 0 saturated heterocycles.